The van der Waals surface area contributed by atoms with E-state index >= 15 is 0 Å². The summed E-state index contributed by atoms with van der Waals surface area (Å²) in [5.41, 5.74) is 1.61. The number of amides is 1. The maximum Gasteiger partial charge on any atom is 0.261 e. The Morgan fingerprint density at radius 1 is 1.24 bits per heavy atom. The first-order valence-electron chi connectivity index (χ1n) is 7.66. The van der Waals surface area contributed by atoms with Crippen LogP contribution < -0.4 is 5.32 Å². The van der Waals surface area contributed by atoms with Gasteiger partial charge in [0.05, 0.1) is 3.57 Å². The van der Waals surface area contributed by atoms with Gasteiger partial charge in [0.1, 0.15) is 11.6 Å². The summed E-state index contributed by atoms with van der Waals surface area (Å²) in [5, 5.41) is 31.1. The maximum absolute atomic E-state index is 12.1. The highest BCUT2D eigenvalue weighted by Gasteiger charge is 2.11. The van der Waals surface area contributed by atoms with E-state index in [-0.39, 0.29) is 17.1 Å². The summed E-state index contributed by atoms with van der Waals surface area (Å²) in [6.07, 6.45) is 3.00. The summed E-state index contributed by atoms with van der Waals surface area (Å²) in [5.74, 6) is -0.974. The predicted molar refractivity (Wildman–Crippen MR) is 104 cm³/mol. The number of nitrogens with one attached hydrogen (secondary N) is 1. The van der Waals surface area contributed by atoms with Crippen LogP contribution in [0.5, 0.6) is 11.5 Å². The number of nitrogens with zero attached hydrogens (tertiary/aromatic N) is 1. The molecule has 0 heterocycles. The molecule has 0 aliphatic rings. The largest absolute Gasteiger partial charge is 0.504 e. The van der Waals surface area contributed by atoms with Gasteiger partial charge in [0.15, 0.2) is 11.5 Å². The van der Waals surface area contributed by atoms with Crippen molar-refractivity contribution in [2.75, 3.05) is 6.54 Å². The van der Waals surface area contributed by atoms with Gasteiger partial charge in [-0.25, -0.2) is 0 Å². The highest BCUT2D eigenvalue weighted by molar-refractivity contribution is 14.1. The van der Waals surface area contributed by atoms with Gasteiger partial charge in [-0.1, -0.05) is 30.3 Å². The summed E-state index contributed by atoms with van der Waals surface area (Å²) in [7, 11) is 0. The molecule has 0 unspecified atom stereocenters. The molecule has 0 saturated heterocycles. The second kappa shape index (κ2) is 9.08. The van der Waals surface area contributed by atoms with E-state index in [2.05, 4.69) is 5.32 Å². The zero-order valence-corrected chi connectivity index (χ0v) is 15.5. The molecule has 128 valence electrons. The zero-order valence-electron chi connectivity index (χ0n) is 13.4. The van der Waals surface area contributed by atoms with Crippen molar-refractivity contribution in [1.82, 2.24) is 5.32 Å². The van der Waals surface area contributed by atoms with Gasteiger partial charge in [0, 0.05) is 6.54 Å². The molecule has 1 amide bonds. The molecule has 2 aromatic carbocycles. The van der Waals surface area contributed by atoms with Crippen molar-refractivity contribution in [1.29, 1.82) is 5.26 Å². The number of rotatable bonds is 6. The van der Waals surface area contributed by atoms with E-state index in [1.165, 1.54) is 17.7 Å². The Balaban J connectivity index is 1.95. The molecule has 3 N–H and O–H groups in total. The van der Waals surface area contributed by atoms with E-state index in [4.69, 9.17) is 0 Å². The summed E-state index contributed by atoms with van der Waals surface area (Å²) in [4.78, 5) is 12.1. The first-order valence-corrected chi connectivity index (χ1v) is 8.74. The van der Waals surface area contributed by atoms with Gasteiger partial charge in [-0.2, -0.15) is 5.26 Å². The Hall–Kier alpha value is -2.53. The van der Waals surface area contributed by atoms with Crippen LogP contribution in [0.25, 0.3) is 6.08 Å². The molecule has 0 fully saturated rings. The van der Waals surface area contributed by atoms with Crippen LogP contribution in [0.15, 0.2) is 48.0 Å². The van der Waals surface area contributed by atoms with Gasteiger partial charge in [-0.15, -0.1) is 0 Å². The first kappa shape index (κ1) is 18.8. The average Bonchev–Trinajstić information content (AvgIpc) is 2.61. The molecule has 0 atom stereocenters. The van der Waals surface area contributed by atoms with Crippen molar-refractivity contribution >= 4 is 34.6 Å². The molecule has 0 aromatic heterocycles. The van der Waals surface area contributed by atoms with Gasteiger partial charge in [-0.3, -0.25) is 4.79 Å². The number of hydrogen-bond acceptors (Lipinski definition) is 4. The third-order valence-electron chi connectivity index (χ3n) is 3.51. The maximum atomic E-state index is 12.1. The molecule has 0 aliphatic carbocycles. The Morgan fingerprint density at radius 2 is 1.96 bits per heavy atom. The first-order chi connectivity index (χ1) is 12.0. The van der Waals surface area contributed by atoms with E-state index in [1.54, 1.807) is 6.07 Å². The van der Waals surface area contributed by atoms with Crippen LogP contribution in [0.4, 0.5) is 0 Å². The lowest BCUT2D eigenvalue weighted by molar-refractivity contribution is -0.117. The molecule has 2 aromatic rings. The Kier molecular flexibility index (Phi) is 6.83. The number of benzene rings is 2. The number of aromatic hydroxyl groups is 2. The van der Waals surface area contributed by atoms with Crippen molar-refractivity contribution in [2.45, 2.75) is 12.8 Å². The van der Waals surface area contributed by atoms with Gasteiger partial charge in [-0.05, 0) is 64.8 Å². The van der Waals surface area contributed by atoms with E-state index in [9.17, 15) is 20.3 Å². The highest BCUT2D eigenvalue weighted by Crippen LogP contribution is 2.32. The molecule has 0 aliphatic heterocycles. The number of phenols is 2. The van der Waals surface area contributed by atoms with E-state index in [0.717, 1.165) is 12.8 Å². The normalized spacial score (nSPS) is 11.0. The fraction of sp³-hybridized carbons (Fsp3) is 0.158. The molecular formula is C19H17IN2O3. The highest BCUT2D eigenvalue weighted by atomic mass is 127. The van der Waals surface area contributed by atoms with Crippen LogP contribution in [0.2, 0.25) is 0 Å². The molecule has 0 radical (unpaired) electrons. The van der Waals surface area contributed by atoms with Gasteiger partial charge in [0.25, 0.3) is 5.91 Å². The number of hydrogen-bond donors (Lipinski definition) is 3. The summed E-state index contributed by atoms with van der Waals surface area (Å²) in [6, 6.07) is 14.7. The predicted octanol–water partition coefficient (Wildman–Crippen LogP) is 3.36. The minimum Gasteiger partial charge on any atom is -0.504 e. The second-order valence-electron chi connectivity index (χ2n) is 5.39. The average molecular weight is 448 g/mol. The minimum absolute atomic E-state index is 0.0550. The quantitative estimate of drug-likeness (QED) is 0.208. The lowest BCUT2D eigenvalue weighted by atomic mass is 10.1. The van der Waals surface area contributed by atoms with Crippen molar-refractivity contribution in [3.8, 4) is 17.6 Å². The van der Waals surface area contributed by atoms with Crippen molar-refractivity contribution in [2.24, 2.45) is 0 Å². The molecule has 0 spiro atoms. The van der Waals surface area contributed by atoms with Crippen LogP contribution in [0.1, 0.15) is 17.5 Å². The lowest BCUT2D eigenvalue weighted by Gasteiger charge is -2.06. The van der Waals surface area contributed by atoms with Crippen molar-refractivity contribution in [3.63, 3.8) is 0 Å². The molecule has 0 saturated carbocycles. The van der Waals surface area contributed by atoms with Crippen LogP contribution in [-0.4, -0.2) is 22.7 Å². The molecule has 25 heavy (non-hydrogen) atoms. The Bertz CT molecular complexity index is 803. The Labute approximate surface area is 159 Å². The number of carbonyl (C=O) groups is 1. The SMILES string of the molecule is N#C/C(=C/c1cc(O)c(O)c(I)c1)C(=O)NCCCc1ccccc1. The number of halogens is 1. The van der Waals surface area contributed by atoms with Crippen molar-refractivity contribution in [3.05, 3.63) is 62.7 Å². The summed E-state index contributed by atoms with van der Waals surface area (Å²) in [6.45, 7) is 0.463. The van der Waals surface area contributed by atoms with E-state index in [1.807, 2.05) is 59.0 Å². The van der Waals surface area contributed by atoms with Crippen LogP contribution in [-0.2, 0) is 11.2 Å². The van der Waals surface area contributed by atoms with Gasteiger partial charge < -0.3 is 15.5 Å². The van der Waals surface area contributed by atoms with Crippen LogP contribution in [0.3, 0.4) is 0 Å². The zero-order chi connectivity index (χ0) is 18.2. The van der Waals surface area contributed by atoms with Gasteiger partial charge >= 0.3 is 0 Å². The van der Waals surface area contributed by atoms with Crippen molar-refractivity contribution < 1.29 is 15.0 Å². The fourth-order valence-electron chi connectivity index (χ4n) is 2.24. The molecule has 5 nitrogen and oxygen atoms in total. The fourth-order valence-corrected chi connectivity index (χ4v) is 2.87. The monoisotopic (exact) mass is 448 g/mol. The Morgan fingerprint density at radius 3 is 2.60 bits per heavy atom. The molecule has 2 rings (SSSR count). The van der Waals surface area contributed by atoms with E-state index in [0.29, 0.717) is 15.7 Å². The topological polar surface area (TPSA) is 93.3 Å². The third-order valence-corrected chi connectivity index (χ3v) is 4.33. The number of carbonyl (C=O) groups excluding carboxylic acids is 1. The minimum atomic E-state index is -0.460. The lowest BCUT2D eigenvalue weighted by Crippen LogP contribution is -2.25. The molecule has 6 heteroatoms. The standard InChI is InChI=1S/C19H17IN2O3/c20-16-10-14(11-17(23)18(16)24)9-15(12-21)19(25)22-8-4-7-13-5-2-1-3-6-13/h1-3,5-6,9-11,23-24H,4,7-8H2,(H,22,25)/b15-9-. The second-order valence-corrected chi connectivity index (χ2v) is 6.55. The smallest absolute Gasteiger partial charge is 0.261 e. The summed E-state index contributed by atoms with van der Waals surface area (Å²) < 4.78 is 0.435. The molecular weight excluding hydrogens is 431 g/mol. The number of nitriles is 1. The van der Waals surface area contributed by atoms with Crippen LogP contribution in [0, 0.1) is 14.9 Å². The summed E-state index contributed by atoms with van der Waals surface area (Å²) >= 11 is 1.86. The molecule has 0 bridgehead atoms. The van der Waals surface area contributed by atoms with Gasteiger partial charge in [0.2, 0.25) is 0 Å². The number of phenolic OH excluding ortho intramolecular Hbond substituents is 2. The van der Waals surface area contributed by atoms with E-state index < -0.39 is 5.91 Å². The third kappa shape index (κ3) is 5.50. The number of aryl methyl sites for hydroxylation is 1. The van der Waals surface area contributed by atoms with Crippen LogP contribution >= 0.6 is 22.6 Å².